The lowest BCUT2D eigenvalue weighted by Crippen LogP contribution is -2.31. The van der Waals surface area contributed by atoms with E-state index >= 15 is 0 Å². The van der Waals surface area contributed by atoms with Gasteiger partial charge in [0.05, 0.1) is 6.54 Å². The van der Waals surface area contributed by atoms with Crippen molar-refractivity contribution < 1.29 is 19.0 Å². The quantitative estimate of drug-likeness (QED) is 0.639. The van der Waals surface area contributed by atoms with Crippen molar-refractivity contribution in [2.75, 3.05) is 19.8 Å². The summed E-state index contributed by atoms with van der Waals surface area (Å²) in [6.07, 6.45) is -0.225. The molecule has 1 rings (SSSR count). The maximum atomic E-state index is 8.85. The fraction of sp³-hybridized carbons (Fsp3) is 0.667. The van der Waals surface area contributed by atoms with Crippen molar-refractivity contribution in [3.8, 4) is 0 Å². The summed E-state index contributed by atoms with van der Waals surface area (Å²) in [7, 11) is 0. The van der Waals surface area contributed by atoms with Crippen LogP contribution >= 0.6 is 0 Å². The van der Waals surface area contributed by atoms with Crippen molar-refractivity contribution in [1.82, 2.24) is 5.32 Å². The van der Waals surface area contributed by atoms with Gasteiger partial charge in [-0.05, 0) is 26.0 Å². The van der Waals surface area contributed by atoms with E-state index in [0.29, 0.717) is 32.1 Å². The molecule has 1 aromatic heterocycles. The minimum absolute atomic E-state index is 0.0689. The van der Waals surface area contributed by atoms with Crippen molar-refractivity contribution in [2.45, 2.75) is 33.3 Å². The van der Waals surface area contributed by atoms with Crippen molar-refractivity contribution in [1.29, 1.82) is 0 Å². The van der Waals surface area contributed by atoms with Gasteiger partial charge < -0.3 is 24.3 Å². The molecule has 1 heterocycles. The van der Waals surface area contributed by atoms with Gasteiger partial charge in [-0.1, -0.05) is 0 Å². The van der Waals surface area contributed by atoms with E-state index in [2.05, 4.69) is 5.32 Å². The average molecular weight is 243 g/mol. The lowest BCUT2D eigenvalue weighted by molar-refractivity contribution is -0.133. The Morgan fingerprint density at radius 2 is 1.88 bits per heavy atom. The summed E-state index contributed by atoms with van der Waals surface area (Å²) >= 11 is 0. The normalized spacial score (nSPS) is 11.3. The molecule has 0 aromatic carbocycles. The van der Waals surface area contributed by atoms with Gasteiger partial charge in [0, 0.05) is 19.8 Å². The Bertz CT molecular complexity index is 294. The largest absolute Gasteiger partial charge is 0.462 e. The summed E-state index contributed by atoms with van der Waals surface area (Å²) in [4.78, 5) is 0. The second-order valence-electron chi connectivity index (χ2n) is 3.50. The van der Waals surface area contributed by atoms with Crippen molar-refractivity contribution in [3.63, 3.8) is 0 Å². The fourth-order valence-corrected chi connectivity index (χ4v) is 1.45. The monoisotopic (exact) mass is 243 g/mol. The van der Waals surface area contributed by atoms with Crippen molar-refractivity contribution >= 4 is 0 Å². The van der Waals surface area contributed by atoms with Crippen LogP contribution in [-0.4, -0.2) is 31.2 Å². The summed E-state index contributed by atoms with van der Waals surface area (Å²) in [6.45, 7) is 6.26. The molecule has 0 saturated carbocycles. The maximum absolute atomic E-state index is 8.85. The molecule has 1 aromatic rings. The number of aliphatic hydroxyl groups is 1. The minimum Gasteiger partial charge on any atom is -0.462 e. The molecule has 5 heteroatoms. The number of hydrogen-bond acceptors (Lipinski definition) is 5. The first-order valence-corrected chi connectivity index (χ1v) is 5.92. The lowest BCUT2D eigenvalue weighted by Gasteiger charge is -2.16. The van der Waals surface area contributed by atoms with E-state index in [9.17, 15) is 0 Å². The van der Waals surface area contributed by atoms with E-state index in [4.69, 9.17) is 19.0 Å². The molecule has 0 atom stereocenters. The van der Waals surface area contributed by atoms with Crippen LogP contribution in [0.2, 0.25) is 0 Å². The third-order valence-corrected chi connectivity index (χ3v) is 2.19. The molecular weight excluding hydrogens is 222 g/mol. The highest BCUT2D eigenvalue weighted by molar-refractivity contribution is 5.05. The number of hydrogen-bond donors (Lipinski definition) is 2. The molecule has 0 aliphatic rings. The van der Waals surface area contributed by atoms with Crippen LogP contribution in [-0.2, 0) is 22.6 Å². The Morgan fingerprint density at radius 3 is 2.41 bits per heavy atom. The van der Waals surface area contributed by atoms with Crippen molar-refractivity contribution in [3.05, 3.63) is 23.7 Å². The summed E-state index contributed by atoms with van der Waals surface area (Å²) in [6, 6.07) is 3.61. The Labute approximate surface area is 102 Å². The predicted octanol–water partition coefficient (Wildman–Crippen LogP) is 1.26. The molecule has 2 N–H and O–H groups in total. The van der Waals surface area contributed by atoms with Gasteiger partial charge >= 0.3 is 0 Å². The molecule has 0 unspecified atom stereocenters. The molecule has 0 bridgehead atoms. The Morgan fingerprint density at radius 1 is 1.24 bits per heavy atom. The Balaban J connectivity index is 2.24. The molecule has 0 aliphatic carbocycles. The SMILES string of the molecule is CCOC(CNCc1ccc(CO)o1)OCC. The van der Waals surface area contributed by atoms with Crippen LogP contribution in [0.25, 0.3) is 0 Å². The van der Waals surface area contributed by atoms with Crippen LogP contribution in [0.1, 0.15) is 25.4 Å². The molecule has 5 nitrogen and oxygen atoms in total. The summed E-state index contributed by atoms with van der Waals surface area (Å²) in [5.41, 5.74) is 0. The van der Waals surface area contributed by atoms with Crippen molar-refractivity contribution in [2.24, 2.45) is 0 Å². The molecule has 0 spiro atoms. The number of aliphatic hydroxyl groups excluding tert-OH is 1. The van der Waals surface area contributed by atoms with Gasteiger partial charge in [0.1, 0.15) is 18.1 Å². The van der Waals surface area contributed by atoms with Gasteiger partial charge in [-0.3, -0.25) is 0 Å². The first-order valence-electron chi connectivity index (χ1n) is 5.92. The smallest absolute Gasteiger partial charge is 0.169 e. The highest BCUT2D eigenvalue weighted by Gasteiger charge is 2.07. The zero-order valence-corrected chi connectivity index (χ0v) is 10.4. The Hall–Kier alpha value is -0.880. The molecular formula is C12H21NO4. The number of ether oxygens (including phenoxy) is 2. The molecule has 0 saturated heterocycles. The van der Waals surface area contributed by atoms with Crippen LogP contribution in [0, 0.1) is 0 Å². The summed E-state index contributed by atoms with van der Waals surface area (Å²) in [5, 5.41) is 12.0. The van der Waals surface area contributed by atoms with Gasteiger partial charge in [-0.15, -0.1) is 0 Å². The van der Waals surface area contributed by atoms with E-state index in [1.165, 1.54) is 0 Å². The third kappa shape index (κ3) is 5.32. The number of furan rings is 1. The second kappa shape index (κ2) is 8.25. The standard InChI is InChI=1S/C12H21NO4/c1-3-15-12(16-4-2)8-13-7-10-5-6-11(9-14)17-10/h5-6,12-14H,3-4,7-9H2,1-2H3. The summed E-state index contributed by atoms with van der Waals surface area (Å²) < 4.78 is 16.1. The fourth-order valence-electron chi connectivity index (χ4n) is 1.45. The first kappa shape index (κ1) is 14.2. The first-order chi connectivity index (χ1) is 8.30. The van der Waals surface area contributed by atoms with E-state index in [1.807, 2.05) is 19.9 Å². The molecule has 0 aliphatic heterocycles. The molecule has 0 fully saturated rings. The van der Waals surface area contributed by atoms with Crippen LogP contribution in [0.5, 0.6) is 0 Å². The third-order valence-electron chi connectivity index (χ3n) is 2.19. The highest BCUT2D eigenvalue weighted by atomic mass is 16.7. The summed E-state index contributed by atoms with van der Waals surface area (Å²) in [5.74, 6) is 1.37. The van der Waals surface area contributed by atoms with Gasteiger partial charge in [0.2, 0.25) is 0 Å². The number of rotatable bonds is 9. The van der Waals surface area contributed by atoms with Crippen LogP contribution in [0.3, 0.4) is 0 Å². The molecule has 0 radical (unpaired) electrons. The molecule has 17 heavy (non-hydrogen) atoms. The van der Waals surface area contributed by atoms with Gasteiger partial charge in [-0.2, -0.15) is 0 Å². The van der Waals surface area contributed by atoms with E-state index in [-0.39, 0.29) is 12.9 Å². The average Bonchev–Trinajstić information content (AvgIpc) is 2.77. The van der Waals surface area contributed by atoms with Gasteiger partial charge in [0.25, 0.3) is 0 Å². The van der Waals surface area contributed by atoms with Gasteiger partial charge in [0.15, 0.2) is 6.29 Å². The minimum atomic E-state index is -0.225. The second-order valence-corrected chi connectivity index (χ2v) is 3.50. The van der Waals surface area contributed by atoms with Crippen LogP contribution in [0.4, 0.5) is 0 Å². The molecule has 98 valence electrons. The highest BCUT2D eigenvalue weighted by Crippen LogP contribution is 2.07. The van der Waals surface area contributed by atoms with Gasteiger partial charge in [-0.25, -0.2) is 0 Å². The Kier molecular flexibility index (Phi) is 6.88. The van der Waals surface area contributed by atoms with E-state index < -0.39 is 0 Å². The van der Waals surface area contributed by atoms with Crippen LogP contribution < -0.4 is 5.32 Å². The predicted molar refractivity (Wildman–Crippen MR) is 63.4 cm³/mol. The van der Waals surface area contributed by atoms with E-state index in [1.54, 1.807) is 6.07 Å². The lowest BCUT2D eigenvalue weighted by atomic mass is 10.4. The topological polar surface area (TPSA) is 63.9 Å². The molecule has 0 amide bonds. The van der Waals surface area contributed by atoms with E-state index in [0.717, 1.165) is 5.76 Å². The number of nitrogens with one attached hydrogen (secondary N) is 1. The van der Waals surface area contributed by atoms with Crippen LogP contribution in [0.15, 0.2) is 16.5 Å². The zero-order valence-electron chi connectivity index (χ0n) is 10.4. The zero-order chi connectivity index (χ0) is 12.5. The maximum Gasteiger partial charge on any atom is 0.169 e.